The number of carbonyl (C=O) groups is 1. The Labute approximate surface area is 101 Å². The first-order chi connectivity index (χ1) is 7.58. The van der Waals surface area contributed by atoms with E-state index in [1.165, 1.54) is 11.8 Å². The van der Waals surface area contributed by atoms with Crippen molar-refractivity contribution in [1.82, 2.24) is 9.55 Å². The first-order valence-electron chi connectivity index (χ1n) is 4.54. The van der Waals surface area contributed by atoms with Gasteiger partial charge < -0.3 is 9.67 Å². The van der Waals surface area contributed by atoms with Crippen LogP contribution in [0.3, 0.4) is 0 Å². The highest BCUT2D eigenvalue weighted by Gasteiger charge is 2.09. The molecular formula is C10H9ClN2O2S. The number of carboxylic acid groups (broad SMARTS) is 1. The van der Waals surface area contributed by atoms with Crippen LogP contribution in [0.25, 0.3) is 11.0 Å². The number of thioether (sulfide) groups is 1. The number of benzene rings is 1. The molecule has 0 fully saturated rings. The van der Waals surface area contributed by atoms with Gasteiger partial charge in [-0.2, -0.15) is 0 Å². The molecule has 0 atom stereocenters. The molecule has 0 saturated heterocycles. The lowest BCUT2D eigenvalue weighted by Gasteiger charge is -1.99. The molecule has 1 heterocycles. The van der Waals surface area contributed by atoms with Crippen LogP contribution in [0.1, 0.15) is 0 Å². The van der Waals surface area contributed by atoms with Gasteiger partial charge in [0.15, 0.2) is 5.16 Å². The molecule has 4 nitrogen and oxygen atoms in total. The number of rotatable bonds is 3. The van der Waals surface area contributed by atoms with E-state index in [1.807, 2.05) is 23.7 Å². The maximum Gasteiger partial charge on any atom is 0.313 e. The number of carboxylic acids is 1. The molecule has 0 bridgehead atoms. The van der Waals surface area contributed by atoms with Gasteiger partial charge in [-0.1, -0.05) is 23.4 Å². The van der Waals surface area contributed by atoms with Crippen LogP contribution in [0.5, 0.6) is 0 Å². The molecular weight excluding hydrogens is 248 g/mol. The molecule has 1 aromatic carbocycles. The fourth-order valence-corrected chi connectivity index (χ4v) is 2.27. The minimum absolute atomic E-state index is 0.00486. The van der Waals surface area contributed by atoms with E-state index < -0.39 is 5.97 Å². The molecule has 16 heavy (non-hydrogen) atoms. The van der Waals surface area contributed by atoms with Crippen molar-refractivity contribution in [1.29, 1.82) is 0 Å². The van der Waals surface area contributed by atoms with E-state index in [-0.39, 0.29) is 5.75 Å². The fraction of sp³-hybridized carbons (Fsp3) is 0.200. The van der Waals surface area contributed by atoms with E-state index in [9.17, 15) is 4.79 Å². The third-order valence-corrected chi connectivity index (χ3v) is 3.38. The molecule has 0 radical (unpaired) electrons. The highest BCUT2D eigenvalue weighted by molar-refractivity contribution is 7.99. The van der Waals surface area contributed by atoms with E-state index in [2.05, 4.69) is 4.98 Å². The Morgan fingerprint density at radius 3 is 3.06 bits per heavy atom. The van der Waals surface area contributed by atoms with Gasteiger partial charge in [-0.3, -0.25) is 4.79 Å². The van der Waals surface area contributed by atoms with Crippen LogP contribution in [0.2, 0.25) is 5.02 Å². The van der Waals surface area contributed by atoms with E-state index in [0.29, 0.717) is 10.2 Å². The predicted molar refractivity (Wildman–Crippen MR) is 64.1 cm³/mol. The zero-order valence-electron chi connectivity index (χ0n) is 8.48. The zero-order valence-corrected chi connectivity index (χ0v) is 10.0. The highest BCUT2D eigenvalue weighted by atomic mass is 35.5. The van der Waals surface area contributed by atoms with Gasteiger partial charge in [-0.25, -0.2) is 4.98 Å². The molecule has 6 heteroatoms. The minimum Gasteiger partial charge on any atom is -0.481 e. The Morgan fingerprint density at radius 2 is 2.38 bits per heavy atom. The van der Waals surface area contributed by atoms with Crippen LogP contribution in [-0.2, 0) is 11.8 Å². The normalized spacial score (nSPS) is 10.9. The summed E-state index contributed by atoms with van der Waals surface area (Å²) in [4.78, 5) is 14.8. The summed E-state index contributed by atoms with van der Waals surface area (Å²) in [7, 11) is 1.84. The molecule has 1 N–H and O–H groups in total. The summed E-state index contributed by atoms with van der Waals surface area (Å²) in [6.45, 7) is 0. The molecule has 0 unspecified atom stereocenters. The lowest BCUT2D eigenvalue weighted by Crippen LogP contribution is -2.00. The number of hydrogen-bond acceptors (Lipinski definition) is 3. The van der Waals surface area contributed by atoms with Crippen molar-refractivity contribution < 1.29 is 9.90 Å². The monoisotopic (exact) mass is 256 g/mol. The Balaban J connectivity index is 2.40. The number of aromatic nitrogens is 2. The molecule has 0 aliphatic heterocycles. The summed E-state index contributed by atoms with van der Waals surface area (Å²) < 4.78 is 1.84. The number of imidazole rings is 1. The van der Waals surface area contributed by atoms with Gasteiger partial charge in [0, 0.05) is 12.1 Å². The van der Waals surface area contributed by atoms with Crippen LogP contribution >= 0.6 is 23.4 Å². The first kappa shape index (κ1) is 11.3. The van der Waals surface area contributed by atoms with Crippen LogP contribution in [0.4, 0.5) is 0 Å². The van der Waals surface area contributed by atoms with Gasteiger partial charge in [0.05, 0.1) is 16.8 Å². The molecule has 0 amide bonds. The van der Waals surface area contributed by atoms with Crippen LogP contribution in [0, 0.1) is 0 Å². The molecule has 0 aliphatic carbocycles. The second-order valence-corrected chi connectivity index (χ2v) is 4.65. The van der Waals surface area contributed by atoms with E-state index in [0.717, 1.165) is 11.0 Å². The van der Waals surface area contributed by atoms with Crippen molar-refractivity contribution in [2.45, 2.75) is 5.16 Å². The highest BCUT2D eigenvalue weighted by Crippen LogP contribution is 2.24. The van der Waals surface area contributed by atoms with Gasteiger partial charge in [0.25, 0.3) is 0 Å². The Bertz CT molecular complexity index is 553. The van der Waals surface area contributed by atoms with Crippen molar-refractivity contribution in [3.63, 3.8) is 0 Å². The molecule has 84 valence electrons. The molecule has 0 spiro atoms. The van der Waals surface area contributed by atoms with Gasteiger partial charge in [0.1, 0.15) is 0 Å². The topological polar surface area (TPSA) is 55.1 Å². The first-order valence-corrected chi connectivity index (χ1v) is 5.91. The predicted octanol–water partition coefficient (Wildman–Crippen LogP) is 2.40. The van der Waals surface area contributed by atoms with E-state index >= 15 is 0 Å². The van der Waals surface area contributed by atoms with Gasteiger partial charge in [0.2, 0.25) is 0 Å². The van der Waals surface area contributed by atoms with Crippen molar-refractivity contribution in [3.8, 4) is 0 Å². The average molecular weight is 257 g/mol. The lowest BCUT2D eigenvalue weighted by atomic mass is 10.3. The molecule has 2 rings (SSSR count). The largest absolute Gasteiger partial charge is 0.481 e. The summed E-state index contributed by atoms with van der Waals surface area (Å²) in [6.07, 6.45) is 0. The number of fused-ring (bicyclic) bond motifs is 1. The lowest BCUT2D eigenvalue weighted by molar-refractivity contribution is -0.133. The zero-order chi connectivity index (χ0) is 11.7. The van der Waals surface area contributed by atoms with Gasteiger partial charge in [-0.05, 0) is 18.2 Å². The summed E-state index contributed by atoms with van der Waals surface area (Å²) in [6, 6.07) is 5.40. The number of hydrogen-bond donors (Lipinski definition) is 1. The maximum absolute atomic E-state index is 10.5. The molecule has 0 aliphatic rings. The Kier molecular flexibility index (Phi) is 3.07. The number of aliphatic carboxylic acids is 1. The van der Waals surface area contributed by atoms with Crippen molar-refractivity contribution in [2.75, 3.05) is 5.75 Å². The quantitative estimate of drug-likeness (QED) is 0.857. The van der Waals surface area contributed by atoms with Crippen molar-refractivity contribution >= 4 is 40.4 Å². The molecule has 0 saturated carbocycles. The standard InChI is InChI=1S/C10H9ClN2O2S/c1-13-8-4-6(11)2-3-7(8)12-10(13)16-5-9(14)15/h2-4H,5H2,1H3,(H,14,15). The minimum atomic E-state index is -0.852. The number of nitrogens with zero attached hydrogens (tertiary/aromatic N) is 2. The SMILES string of the molecule is Cn1c(SCC(=O)O)nc2ccc(Cl)cc21. The summed E-state index contributed by atoms with van der Waals surface area (Å²) in [5.74, 6) is -0.847. The number of aryl methyl sites for hydroxylation is 1. The molecule has 2 aromatic rings. The molecule has 1 aromatic heterocycles. The van der Waals surface area contributed by atoms with Crippen molar-refractivity contribution in [2.24, 2.45) is 7.05 Å². The summed E-state index contributed by atoms with van der Waals surface area (Å²) in [5, 5.41) is 9.93. The smallest absolute Gasteiger partial charge is 0.313 e. The second-order valence-electron chi connectivity index (χ2n) is 3.27. The third-order valence-electron chi connectivity index (χ3n) is 2.13. The van der Waals surface area contributed by atoms with Crippen LogP contribution in [0.15, 0.2) is 23.4 Å². The van der Waals surface area contributed by atoms with Crippen molar-refractivity contribution in [3.05, 3.63) is 23.2 Å². The van der Waals surface area contributed by atoms with Gasteiger partial charge in [-0.15, -0.1) is 0 Å². The maximum atomic E-state index is 10.5. The Morgan fingerprint density at radius 1 is 1.62 bits per heavy atom. The summed E-state index contributed by atoms with van der Waals surface area (Å²) >= 11 is 7.08. The fourth-order valence-electron chi connectivity index (χ4n) is 1.40. The van der Waals surface area contributed by atoms with Crippen LogP contribution in [-0.4, -0.2) is 26.4 Å². The second kappa shape index (κ2) is 4.35. The van der Waals surface area contributed by atoms with E-state index in [1.54, 1.807) is 6.07 Å². The third kappa shape index (κ3) is 2.15. The summed E-state index contributed by atoms with van der Waals surface area (Å²) in [5.41, 5.74) is 1.72. The van der Waals surface area contributed by atoms with Crippen LogP contribution < -0.4 is 0 Å². The van der Waals surface area contributed by atoms with E-state index in [4.69, 9.17) is 16.7 Å². The Hall–Kier alpha value is -1.20. The number of halogens is 1. The van der Waals surface area contributed by atoms with Gasteiger partial charge >= 0.3 is 5.97 Å². The average Bonchev–Trinajstić information content (AvgIpc) is 2.53.